The predicted octanol–water partition coefficient (Wildman–Crippen LogP) is 2.71. The van der Waals surface area contributed by atoms with Crippen molar-refractivity contribution in [1.82, 2.24) is 10.3 Å². The maximum atomic E-state index is 12.7. The molecule has 1 aromatic rings. The van der Waals surface area contributed by atoms with Gasteiger partial charge in [-0.05, 0) is 25.6 Å². The van der Waals surface area contributed by atoms with E-state index in [2.05, 4.69) is 24.1 Å². The van der Waals surface area contributed by atoms with Crippen molar-refractivity contribution in [3.05, 3.63) is 29.8 Å². The summed E-state index contributed by atoms with van der Waals surface area (Å²) in [6, 6.07) is 3.64. The topological polar surface area (TPSA) is 24.9 Å². The average molecular weight is 210 g/mol. The van der Waals surface area contributed by atoms with Crippen molar-refractivity contribution in [2.45, 2.75) is 38.6 Å². The van der Waals surface area contributed by atoms with E-state index in [4.69, 9.17) is 0 Å². The number of rotatable bonds is 5. The zero-order valence-electron chi connectivity index (χ0n) is 9.63. The van der Waals surface area contributed by atoms with Crippen LogP contribution in [-0.4, -0.2) is 18.1 Å². The van der Waals surface area contributed by atoms with Gasteiger partial charge >= 0.3 is 0 Å². The Morgan fingerprint density at radius 1 is 1.47 bits per heavy atom. The first-order chi connectivity index (χ1) is 7.19. The molecule has 15 heavy (non-hydrogen) atoms. The van der Waals surface area contributed by atoms with Gasteiger partial charge in [0.25, 0.3) is 0 Å². The molecule has 2 atom stereocenters. The third-order valence-corrected chi connectivity index (χ3v) is 2.79. The van der Waals surface area contributed by atoms with E-state index < -0.39 is 0 Å². The van der Waals surface area contributed by atoms with Crippen LogP contribution in [0.15, 0.2) is 18.3 Å². The number of hydrogen-bond acceptors (Lipinski definition) is 2. The van der Waals surface area contributed by atoms with E-state index in [9.17, 15) is 4.39 Å². The second kappa shape index (κ2) is 5.81. The molecule has 0 aliphatic carbocycles. The Bertz CT molecular complexity index is 284. The minimum absolute atomic E-state index is 0.276. The number of halogens is 1. The van der Waals surface area contributed by atoms with Gasteiger partial charge < -0.3 is 5.32 Å². The van der Waals surface area contributed by atoms with Crippen molar-refractivity contribution in [2.24, 2.45) is 0 Å². The lowest BCUT2D eigenvalue weighted by atomic mass is 9.94. The van der Waals surface area contributed by atoms with Crippen LogP contribution in [-0.2, 0) is 0 Å². The lowest BCUT2D eigenvalue weighted by molar-refractivity contribution is 0.444. The van der Waals surface area contributed by atoms with Crippen LogP contribution in [0.25, 0.3) is 0 Å². The van der Waals surface area contributed by atoms with Gasteiger partial charge in [0, 0.05) is 17.7 Å². The summed E-state index contributed by atoms with van der Waals surface area (Å²) in [5.41, 5.74) is 0.948. The van der Waals surface area contributed by atoms with Crippen LogP contribution < -0.4 is 5.32 Å². The molecule has 0 aromatic carbocycles. The Balaban J connectivity index is 2.73. The van der Waals surface area contributed by atoms with Gasteiger partial charge in [0.05, 0.1) is 6.20 Å². The van der Waals surface area contributed by atoms with Crippen LogP contribution in [0.2, 0.25) is 0 Å². The molecule has 0 radical (unpaired) electrons. The first-order valence-electron chi connectivity index (χ1n) is 5.47. The van der Waals surface area contributed by atoms with E-state index >= 15 is 0 Å². The summed E-state index contributed by atoms with van der Waals surface area (Å²) in [5, 5.41) is 3.28. The fraction of sp³-hybridized carbons (Fsp3) is 0.583. The summed E-state index contributed by atoms with van der Waals surface area (Å²) in [6.07, 6.45) is 3.53. The molecule has 2 nitrogen and oxygen atoms in total. The van der Waals surface area contributed by atoms with Gasteiger partial charge in [-0.2, -0.15) is 0 Å². The monoisotopic (exact) mass is 210 g/mol. The Morgan fingerprint density at radius 2 is 2.20 bits per heavy atom. The van der Waals surface area contributed by atoms with Crippen molar-refractivity contribution in [3.63, 3.8) is 0 Å². The molecule has 1 rings (SSSR count). The summed E-state index contributed by atoms with van der Waals surface area (Å²) < 4.78 is 12.7. The van der Waals surface area contributed by atoms with Crippen LogP contribution >= 0.6 is 0 Å². The summed E-state index contributed by atoms with van der Waals surface area (Å²) in [5.74, 6) is 0.0398. The van der Waals surface area contributed by atoms with Crippen molar-refractivity contribution >= 4 is 0 Å². The maximum Gasteiger partial charge on any atom is 0.141 e. The third kappa shape index (κ3) is 3.27. The highest BCUT2D eigenvalue weighted by Crippen LogP contribution is 2.19. The molecule has 3 heteroatoms. The van der Waals surface area contributed by atoms with E-state index in [1.807, 2.05) is 7.05 Å². The highest BCUT2D eigenvalue weighted by Gasteiger charge is 2.17. The molecule has 2 unspecified atom stereocenters. The van der Waals surface area contributed by atoms with Crippen molar-refractivity contribution < 1.29 is 4.39 Å². The molecule has 1 heterocycles. The Labute approximate surface area is 90.9 Å². The number of likely N-dealkylation sites (N-methyl/N-ethyl adjacent to an activating group) is 1. The van der Waals surface area contributed by atoms with Crippen LogP contribution in [0.1, 0.15) is 38.3 Å². The summed E-state index contributed by atoms with van der Waals surface area (Å²) in [6.45, 7) is 4.28. The first kappa shape index (κ1) is 12.1. The SMILES string of the molecule is CCCC(NC)C(C)c1ccc(F)cn1. The Kier molecular flexibility index (Phi) is 4.69. The smallest absolute Gasteiger partial charge is 0.141 e. The standard InChI is InChI=1S/C12H19FN2/c1-4-5-11(14-3)9(2)12-7-6-10(13)8-15-12/h6-9,11,14H,4-5H2,1-3H3. The third-order valence-electron chi connectivity index (χ3n) is 2.79. The predicted molar refractivity (Wildman–Crippen MR) is 60.4 cm³/mol. The van der Waals surface area contributed by atoms with E-state index in [0.717, 1.165) is 18.5 Å². The van der Waals surface area contributed by atoms with E-state index in [-0.39, 0.29) is 5.82 Å². The highest BCUT2D eigenvalue weighted by molar-refractivity contribution is 5.11. The molecular weight excluding hydrogens is 191 g/mol. The van der Waals surface area contributed by atoms with Crippen LogP contribution in [0.5, 0.6) is 0 Å². The van der Waals surface area contributed by atoms with Crippen LogP contribution in [0.4, 0.5) is 4.39 Å². The zero-order chi connectivity index (χ0) is 11.3. The van der Waals surface area contributed by atoms with Crippen molar-refractivity contribution in [1.29, 1.82) is 0 Å². The lowest BCUT2D eigenvalue weighted by Gasteiger charge is -2.22. The molecule has 0 aliphatic rings. The molecule has 0 amide bonds. The number of hydrogen-bond donors (Lipinski definition) is 1. The summed E-state index contributed by atoms with van der Waals surface area (Å²) in [7, 11) is 1.96. The largest absolute Gasteiger partial charge is 0.316 e. The van der Waals surface area contributed by atoms with Crippen LogP contribution in [0.3, 0.4) is 0 Å². The number of pyridine rings is 1. The van der Waals surface area contributed by atoms with Gasteiger partial charge in [0.1, 0.15) is 5.82 Å². The summed E-state index contributed by atoms with van der Waals surface area (Å²) >= 11 is 0. The highest BCUT2D eigenvalue weighted by atomic mass is 19.1. The fourth-order valence-corrected chi connectivity index (χ4v) is 1.82. The van der Waals surface area contributed by atoms with E-state index in [0.29, 0.717) is 12.0 Å². The van der Waals surface area contributed by atoms with Crippen molar-refractivity contribution in [3.8, 4) is 0 Å². The van der Waals surface area contributed by atoms with Gasteiger partial charge in [0.2, 0.25) is 0 Å². The number of aromatic nitrogens is 1. The molecule has 1 N–H and O–H groups in total. The maximum absolute atomic E-state index is 12.7. The fourth-order valence-electron chi connectivity index (χ4n) is 1.82. The molecule has 0 fully saturated rings. The van der Waals surface area contributed by atoms with Crippen molar-refractivity contribution in [2.75, 3.05) is 7.05 Å². The minimum Gasteiger partial charge on any atom is -0.316 e. The first-order valence-corrected chi connectivity index (χ1v) is 5.47. The second-order valence-corrected chi connectivity index (χ2v) is 3.87. The Hall–Kier alpha value is -0.960. The molecule has 0 aliphatic heterocycles. The van der Waals surface area contributed by atoms with Crippen LogP contribution in [0, 0.1) is 5.82 Å². The molecule has 0 spiro atoms. The number of nitrogens with one attached hydrogen (secondary N) is 1. The molecular formula is C12H19FN2. The molecule has 0 saturated carbocycles. The normalized spacial score (nSPS) is 14.9. The molecule has 0 bridgehead atoms. The van der Waals surface area contributed by atoms with Gasteiger partial charge in [0.15, 0.2) is 0 Å². The number of nitrogens with zero attached hydrogens (tertiary/aromatic N) is 1. The van der Waals surface area contributed by atoms with E-state index in [1.165, 1.54) is 12.3 Å². The minimum atomic E-state index is -0.276. The summed E-state index contributed by atoms with van der Waals surface area (Å²) in [4.78, 5) is 4.11. The quantitative estimate of drug-likeness (QED) is 0.808. The molecule has 0 saturated heterocycles. The second-order valence-electron chi connectivity index (χ2n) is 3.87. The van der Waals surface area contributed by atoms with Gasteiger partial charge in [-0.15, -0.1) is 0 Å². The molecule has 84 valence electrons. The van der Waals surface area contributed by atoms with Gasteiger partial charge in [-0.25, -0.2) is 4.39 Å². The van der Waals surface area contributed by atoms with E-state index in [1.54, 1.807) is 6.07 Å². The Morgan fingerprint density at radius 3 is 2.67 bits per heavy atom. The average Bonchev–Trinajstić information content (AvgIpc) is 2.26. The van der Waals surface area contributed by atoms with Gasteiger partial charge in [-0.1, -0.05) is 20.3 Å². The zero-order valence-corrected chi connectivity index (χ0v) is 9.63. The van der Waals surface area contributed by atoms with Gasteiger partial charge in [-0.3, -0.25) is 4.98 Å². The molecule has 1 aromatic heterocycles. The lowest BCUT2D eigenvalue weighted by Crippen LogP contribution is -2.30.